The van der Waals surface area contributed by atoms with Crippen molar-refractivity contribution in [3.8, 4) is 0 Å². The molecule has 4 heteroatoms. The van der Waals surface area contributed by atoms with E-state index in [9.17, 15) is 9.59 Å². The summed E-state index contributed by atoms with van der Waals surface area (Å²) in [5.41, 5.74) is 8.41. The number of aryl methyl sites for hydroxylation is 1. The van der Waals surface area contributed by atoms with Crippen molar-refractivity contribution in [2.75, 3.05) is 4.90 Å². The molecule has 5 rings (SSSR count). The molecule has 0 spiro atoms. The second-order valence-corrected chi connectivity index (χ2v) is 9.73. The Balaban J connectivity index is 1.67. The summed E-state index contributed by atoms with van der Waals surface area (Å²) in [7, 11) is 0. The van der Waals surface area contributed by atoms with Crippen molar-refractivity contribution >= 4 is 46.6 Å². The number of benzene rings is 3. The van der Waals surface area contributed by atoms with Gasteiger partial charge in [-0.25, -0.2) is 4.90 Å². The number of fused-ring (bicyclic) bond motifs is 1. The highest BCUT2D eigenvalue weighted by Gasteiger charge is 2.40. The van der Waals surface area contributed by atoms with Crippen LogP contribution in [0.2, 0.25) is 0 Å². The summed E-state index contributed by atoms with van der Waals surface area (Å²) in [6, 6.07) is 23.8. The van der Waals surface area contributed by atoms with Gasteiger partial charge in [-0.2, -0.15) is 0 Å². The van der Waals surface area contributed by atoms with E-state index in [2.05, 4.69) is 61.0 Å². The van der Waals surface area contributed by atoms with Crippen LogP contribution in [0.5, 0.6) is 0 Å². The molecule has 1 aliphatic heterocycles. The van der Waals surface area contributed by atoms with Crippen molar-refractivity contribution in [3.63, 3.8) is 0 Å². The first-order valence-electron chi connectivity index (χ1n) is 12.6. The molecule has 0 saturated carbocycles. The van der Waals surface area contributed by atoms with Crippen molar-refractivity contribution in [3.05, 3.63) is 131 Å². The number of imide groups is 1. The summed E-state index contributed by atoms with van der Waals surface area (Å²) >= 11 is 0. The first-order chi connectivity index (χ1) is 18.3. The average Bonchev–Trinajstić information content (AvgIpc) is 3.34. The van der Waals surface area contributed by atoms with Gasteiger partial charge in [0.2, 0.25) is 0 Å². The third-order valence-electron chi connectivity index (χ3n) is 7.12. The van der Waals surface area contributed by atoms with Gasteiger partial charge in [0.15, 0.2) is 0 Å². The number of allylic oxidation sites excluding steroid dienone is 1. The van der Waals surface area contributed by atoms with Gasteiger partial charge in [0.05, 0.1) is 16.8 Å². The molecule has 1 aliphatic rings. The van der Waals surface area contributed by atoms with Gasteiger partial charge in [0.25, 0.3) is 11.8 Å². The van der Waals surface area contributed by atoms with Crippen molar-refractivity contribution < 1.29 is 9.59 Å². The van der Waals surface area contributed by atoms with Crippen LogP contribution in [-0.4, -0.2) is 16.4 Å². The summed E-state index contributed by atoms with van der Waals surface area (Å²) in [4.78, 5) is 28.7. The number of hydrogen-bond donors (Lipinski definition) is 0. The van der Waals surface area contributed by atoms with E-state index in [1.54, 1.807) is 18.2 Å². The molecular weight excluding hydrogens is 468 g/mol. The largest absolute Gasteiger partial charge is 0.336 e. The summed E-state index contributed by atoms with van der Waals surface area (Å²) in [5, 5.41) is 1.12. The molecule has 0 unspecified atom stereocenters. The number of amides is 2. The Kier molecular flexibility index (Phi) is 6.56. The predicted molar refractivity (Wildman–Crippen MR) is 158 cm³/mol. The number of hydrogen-bond acceptors (Lipinski definition) is 2. The van der Waals surface area contributed by atoms with E-state index < -0.39 is 0 Å². The number of nitrogens with zero attached hydrogens (tertiary/aromatic N) is 2. The molecule has 0 atom stereocenters. The van der Waals surface area contributed by atoms with Gasteiger partial charge in [-0.1, -0.05) is 85.5 Å². The lowest BCUT2D eigenvalue weighted by Gasteiger charge is -2.13. The molecule has 0 radical (unpaired) electrons. The zero-order valence-electron chi connectivity index (χ0n) is 22.0. The fourth-order valence-electron chi connectivity index (χ4n) is 5.09. The maximum Gasteiger partial charge on any atom is 0.266 e. The van der Waals surface area contributed by atoms with Crippen LogP contribution in [0.1, 0.15) is 41.8 Å². The normalized spacial score (nSPS) is 14.6. The minimum absolute atomic E-state index is 0.298. The summed E-state index contributed by atoms with van der Waals surface area (Å²) in [6.07, 6.45) is 5.46. The van der Waals surface area contributed by atoms with Crippen LogP contribution in [0.25, 0.3) is 29.1 Å². The van der Waals surface area contributed by atoms with E-state index in [1.165, 1.54) is 4.90 Å². The highest BCUT2D eigenvalue weighted by Crippen LogP contribution is 2.36. The molecule has 1 fully saturated rings. The predicted octanol–water partition coefficient (Wildman–Crippen LogP) is 7.58. The Bertz CT molecular complexity index is 1660. The molecule has 1 aromatic heterocycles. The van der Waals surface area contributed by atoms with E-state index in [1.807, 2.05) is 50.3 Å². The quantitative estimate of drug-likeness (QED) is 0.203. The minimum atomic E-state index is -0.316. The minimum Gasteiger partial charge on any atom is -0.336 e. The van der Waals surface area contributed by atoms with Crippen molar-refractivity contribution in [1.29, 1.82) is 0 Å². The number of para-hydroxylation sites is 1. The standard InChI is InChI=1S/C34H30N2O2/c1-6-24-12-14-26(15-13-24)21-35-30-11-9-8-10-28(30)23(5)31(35)20-29-32(22(3)4)34(38)36(33(29)37)27-18-16-25(7-2)17-19-27/h6-20H,1-2,21H2,3-5H3/b29-20+. The Morgan fingerprint density at radius 1 is 0.816 bits per heavy atom. The number of carbonyl (C=O) groups excluding carboxylic acids is 2. The number of aromatic nitrogens is 1. The highest BCUT2D eigenvalue weighted by molar-refractivity contribution is 6.38. The van der Waals surface area contributed by atoms with E-state index in [-0.39, 0.29) is 11.8 Å². The maximum absolute atomic E-state index is 13.8. The van der Waals surface area contributed by atoms with Gasteiger partial charge in [0, 0.05) is 23.1 Å². The maximum atomic E-state index is 13.8. The van der Waals surface area contributed by atoms with E-state index in [0.717, 1.165) is 44.4 Å². The summed E-state index contributed by atoms with van der Waals surface area (Å²) < 4.78 is 2.22. The SMILES string of the molecule is C=Cc1ccc(Cn2c(/C=C3/C(=O)N(c4ccc(C=C)cc4)C(=O)C3=C(C)C)c(C)c3ccccc32)cc1. The van der Waals surface area contributed by atoms with Gasteiger partial charge in [0.1, 0.15) is 0 Å². The Morgan fingerprint density at radius 2 is 1.42 bits per heavy atom. The van der Waals surface area contributed by atoms with Gasteiger partial charge < -0.3 is 4.57 Å². The summed E-state index contributed by atoms with van der Waals surface area (Å²) in [5.74, 6) is -0.614. The molecule has 4 nitrogen and oxygen atoms in total. The van der Waals surface area contributed by atoms with E-state index in [4.69, 9.17) is 0 Å². The van der Waals surface area contributed by atoms with Crippen LogP contribution in [0, 0.1) is 6.92 Å². The van der Waals surface area contributed by atoms with Gasteiger partial charge >= 0.3 is 0 Å². The first kappa shape index (κ1) is 25.0. The van der Waals surface area contributed by atoms with Gasteiger partial charge in [-0.15, -0.1) is 0 Å². The van der Waals surface area contributed by atoms with Crippen molar-refractivity contribution in [2.45, 2.75) is 27.3 Å². The lowest BCUT2D eigenvalue weighted by atomic mass is 10.0. The summed E-state index contributed by atoms with van der Waals surface area (Å²) in [6.45, 7) is 14.1. The van der Waals surface area contributed by atoms with Crippen molar-refractivity contribution in [2.24, 2.45) is 0 Å². The van der Waals surface area contributed by atoms with Crippen LogP contribution in [0.3, 0.4) is 0 Å². The molecule has 4 aromatic rings. The molecular formula is C34H30N2O2. The first-order valence-corrected chi connectivity index (χ1v) is 12.6. The fraction of sp³-hybridized carbons (Fsp3) is 0.118. The third-order valence-corrected chi connectivity index (χ3v) is 7.12. The van der Waals surface area contributed by atoms with Crippen LogP contribution >= 0.6 is 0 Å². The highest BCUT2D eigenvalue weighted by atomic mass is 16.2. The lowest BCUT2D eigenvalue weighted by molar-refractivity contribution is -0.119. The molecule has 1 saturated heterocycles. The number of rotatable bonds is 6. The molecule has 0 aliphatic carbocycles. The van der Waals surface area contributed by atoms with Crippen LogP contribution < -0.4 is 4.90 Å². The lowest BCUT2D eigenvalue weighted by Crippen LogP contribution is -2.29. The smallest absolute Gasteiger partial charge is 0.266 e. The van der Waals surface area contributed by atoms with E-state index in [0.29, 0.717) is 23.4 Å². The Morgan fingerprint density at radius 3 is 2.03 bits per heavy atom. The second-order valence-electron chi connectivity index (χ2n) is 9.73. The zero-order valence-corrected chi connectivity index (χ0v) is 22.0. The Labute approximate surface area is 223 Å². The van der Waals surface area contributed by atoms with Crippen LogP contribution in [0.4, 0.5) is 5.69 Å². The van der Waals surface area contributed by atoms with Crippen LogP contribution in [0.15, 0.2) is 103 Å². The van der Waals surface area contributed by atoms with E-state index >= 15 is 0 Å². The Hall–Kier alpha value is -4.70. The molecule has 3 aromatic carbocycles. The third kappa shape index (κ3) is 4.24. The molecule has 0 N–H and O–H groups in total. The van der Waals surface area contributed by atoms with Crippen molar-refractivity contribution in [1.82, 2.24) is 4.57 Å². The molecule has 38 heavy (non-hydrogen) atoms. The fourth-order valence-corrected chi connectivity index (χ4v) is 5.09. The molecule has 0 bridgehead atoms. The average molecular weight is 499 g/mol. The van der Waals surface area contributed by atoms with Crippen LogP contribution in [-0.2, 0) is 16.1 Å². The molecule has 2 amide bonds. The second kappa shape index (κ2) is 9.98. The topological polar surface area (TPSA) is 42.3 Å². The van der Waals surface area contributed by atoms with Gasteiger partial charge in [-0.3, -0.25) is 9.59 Å². The molecule has 2 heterocycles. The number of carbonyl (C=O) groups is 2. The molecule has 188 valence electrons. The van der Waals surface area contributed by atoms with Gasteiger partial charge in [-0.05, 0) is 67.3 Å². The number of anilines is 1. The zero-order chi connectivity index (χ0) is 27.0. The monoisotopic (exact) mass is 498 g/mol.